The van der Waals surface area contributed by atoms with Crippen LogP contribution in [0.4, 0.5) is 32.4 Å². The fourth-order valence-electron chi connectivity index (χ4n) is 6.37. The van der Waals surface area contributed by atoms with Crippen LogP contribution in [0.15, 0.2) is 42.6 Å². The van der Waals surface area contributed by atoms with Crippen molar-refractivity contribution < 1.29 is 46.2 Å². The molecule has 0 spiro atoms. The third-order valence-corrected chi connectivity index (χ3v) is 9.33. The van der Waals surface area contributed by atoms with Gasteiger partial charge < -0.3 is 25.4 Å². The van der Waals surface area contributed by atoms with Crippen molar-refractivity contribution >= 4 is 29.3 Å². The molecule has 3 atom stereocenters. The Bertz CT molecular complexity index is 1640. The normalized spacial score (nSPS) is 22.1. The number of benzene rings is 1. The van der Waals surface area contributed by atoms with E-state index in [4.69, 9.17) is 4.74 Å². The molecule has 0 bridgehead atoms. The second-order valence-corrected chi connectivity index (χ2v) is 12.6. The van der Waals surface area contributed by atoms with E-state index in [0.29, 0.717) is 12.2 Å². The van der Waals surface area contributed by atoms with Crippen molar-refractivity contribution in [2.24, 2.45) is 17.3 Å². The van der Waals surface area contributed by atoms with Crippen LogP contribution in [0.1, 0.15) is 62.0 Å². The number of anilines is 1. The fraction of sp³-hybridized carbons (Fsp3) is 0.531. The van der Waals surface area contributed by atoms with Gasteiger partial charge in [0.1, 0.15) is 6.61 Å². The van der Waals surface area contributed by atoms with Gasteiger partial charge in [-0.15, -0.1) is 0 Å². The Labute approximate surface area is 272 Å². The lowest BCUT2D eigenvalue weighted by Gasteiger charge is -2.37. The number of carboxylic acids is 1. The van der Waals surface area contributed by atoms with Crippen LogP contribution in [-0.2, 0) is 27.4 Å². The van der Waals surface area contributed by atoms with Gasteiger partial charge in [0, 0.05) is 45.5 Å². The van der Waals surface area contributed by atoms with Crippen LogP contribution >= 0.6 is 0 Å². The van der Waals surface area contributed by atoms with Crippen molar-refractivity contribution in [3.8, 4) is 0 Å². The number of halogens is 5. The van der Waals surface area contributed by atoms with E-state index in [1.54, 1.807) is 49.2 Å². The summed E-state index contributed by atoms with van der Waals surface area (Å²) in [6.07, 6.45) is -6.27. The summed E-state index contributed by atoms with van der Waals surface area (Å²) in [4.78, 5) is 44.8. The zero-order valence-electron chi connectivity index (χ0n) is 26.4. The number of carbonyl (C=O) groups excluding carboxylic acids is 2. The van der Waals surface area contributed by atoms with Gasteiger partial charge in [-0.2, -0.15) is 18.3 Å². The maximum atomic E-state index is 14.1. The molecule has 2 aromatic heterocycles. The molecule has 2 aliphatic rings. The molecular weight excluding hydrogens is 643 g/mol. The smallest absolute Gasteiger partial charge is 0.408 e. The average molecular weight is 681 g/mol. The van der Waals surface area contributed by atoms with Gasteiger partial charge in [0.2, 0.25) is 11.8 Å². The Balaban J connectivity index is 1.50. The number of alkyl halides is 5. The predicted octanol–water partition coefficient (Wildman–Crippen LogP) is 5.29. The van der Waals surface area contributed by atoms with Crippen molar-refractivity contribution in [1.82, 2.24) is 25.2 Å². The van der Waals surface area contributed by atoms with Gasteiger partial charge in [-0.1, -0.05) is 30.3 Å². The second kappa shape index (κ2) is 13.5. The molecule has 16 heteroatoms. The van der Waals surface area contributed by atoms with E-state index in [-0.39, 0.29) is 49.3 Å². The minimum Gasteiger partial charge on any atom is -0.480 e. The molecule has 1 saturated heterocycles. The van der Waals surface area contributed by atoms with Gasteiger partial charge in [-0.3, -0.25) is 9.59 Å². The highest BCUT2D eigenvalue weighted by Crippen LogP contribution is 2.43. The van der Waals surface area contributed by atoms with Crippen LogP contribution in [0, 0.1) is 17.3 Å². The predicted molar refractivity (Wildman–Crippen MR) is 162 cm³/mol. The van der Waals surface area contributed by atoms with Crippen molar-refractivity contribution in [3.05, 3.63) is 59.5 Å². The molecule has 2 unspecified atom stereocenters. The van der Waals surface area contributed by atoms with Crippen molar-refractivity contribution in [2.45, 2.75) is 70.2 Å². The summed E-state index contributed by atoms with van der Waals surface area (Å²) in [5, 5.41) is 19.6. The summed E-state index contributed by atoms with van der Waals surface area (Å²) in [6, 6.07) is 9.65. The van der Waals surface area contributed by atoms with Gasteiger partial charge in [-0.05, 0) is 37.7 Å². The topological polar surface area (TPSA) is 138 Å². The van der Waals surface area contributed by atoms with Gasteiger partial charge in [-0.25, -0.2) is 23.1 Å². The van der Waals surface area contributed by atoms with Crippen LogP contribution in [0.2, 0.25) is 0 Å². The number of carboxylic acid groups (broad SMARTS) is 1. The first kappa shape index (κ1) is 34.8. The van der Waals surface area contributed by atoms with E-state index >= 15 is 0 Å². The number of rotatable bonds is 10. The minimum absolute atomic E-state index is 0.0287. The highest BCUT2D eigenvalue weighted by atomic mass is 19.4. The van der Waals surface area contributed by atoms with Crippen LogP contribution in [0.5, 0.6) is 0 Å². The highest BCUT2D eigenvalue weighted by Gasteiger charge is 2.56. The molecule has 1 aliphatic heterocycles. The number of aromatic nitrogens is 3. The number of nitrogens with zero attached hydrogens (tertiary/aromatic N) is 4. The third kappa shape index (κ3) is 7.46. The summed E-state index contributed by atoms with van der Waals surface area (Å²) in [5.41, 5.74) is -0.802. The Morgan fingerprint density at radius 3 is 2.52 bits per heavy atom. The first-order valence-corrected chi connectivity index (χ1v) is 15.7. The number of hydrogen-bond acceptors (Lipinski definition) is 7. The number of fused-ring (bicyclic) bond motifs is 1. The molecule has 260 valence electrons. The van der Waals surface area contributed by atoms with Crippen molar-refractivity contribution in [3.63, 3.8) is 0 Å². The summed E-state index contributed by atoms with van der Waals surface area (Å²) in [5.74, 6) is -8.09. The standard InChI is InChI=1S/C32H37F5N6O5/c1-3-42(2)24-13-25-39-23(17-43(25)41-22(24)15-30(28(45)46)14-21(32(35,36)37)16-38-27(30)44)26(20-9-11-31(33,34)12-10-20)40-29(47)48-18-19-7-5-4-6-8-19/h4-8,13,17,20-21,26H,3,9-12,14-16,18H2,1-2H3,(H,38,44)(H,40,47)(H,45,46)/t21-,26?,30?/m1/s1. The second-order valence-electron chi connectivity index (χ2n) is 12.6. The first-order valence-electron chi connectivity index (χ1n) is 15.7. The number of piperidine rings is 1. The summed E-state index contributed by atoms with van der Waals surface area (Å²) >= 11 is 0. The minimum atomic E-state index is -4.73. The zero-order valence-corrected chi connectivity index (χ0v) is 26.4. The number of ether oxygens (including phenoxy) is 1. The molecule has 3 heterocycles. The summed E-state index contributed by atoms with van der Waals surface area (Å²) < 4.78 is 76.1. The SMILES string of the molecule is CCN(C)c1cc2nc(C(NC(=O)OCc3ccccc3)C3CCC(F)(F)CC3)cn2nc1CC1(C(=O)O)C[C@@H](C(F)(F)F)CNC1=O. The monoisotopic (exact) mass is 680 g/mol. The maximum Gasteiger partial charge on any atom is 0.408 e. The number of carbonyl (C=O) groups is 3. The largest absolute Gasteiger partial charge is 0.480 e. The fourth-order valence-corrected chi connectivity index (χ4v) is 6.37. The lowest BCUT2D eigenvalue weighted by atomic mass is 9.72. The number of alkyl carbamates (subject to hydrolysis) is 1. The van der Waals surface area contributed by atoms with Gasteiger partial charge >= 0.3 is 18.2 Å². The van der Waals surface area contributed by atoms with E-state index in [0.717, 1.165) is 5.56 Å². The molecule has 5 rings (SSSR count). The molecule has 3 N–H and O–H groups in total. The van der Waals surface area contributed by atoms with E-state index < -0.39 is 72.7 Å². The van der Waals surface area contributed by atoms with Crippen LogP contribution < -0.4 is 15.5 Å². The van der Waals surface area contributed by atoms with Crippen LogP contribution in [0.3, 0.4) is 0 Å². The number of hydrogen-bond donors (Lipinski definition) is 3. The number of aliphatic carboxylic acids is 1. The Morgan fingerprint density at radius 2 is 1.90 bits per heavy atom. The molecule has 1 aliphatic carbocycles. The average Bonchev–Trinajstić information content (AvgIpc) is 3.45. The molecule has 2 fully saturated rings. The summed E-state index contributed by atoms with van der Waals surface area (Å²) in [7, 11) is 1.67. The Kier molecular flexibility index (Phi) is 9.83. The lowest BCUT2D eigenvalue weighted by Crippen LogP contribution is -2.57. The molecule has 48 heavy (non-hydrogen) atoms. The van der Waals surface area contributed by atoms with Gasteiger partial charge in [0.25, 0.3) is 0 Å². The molecule has 11 nitrogen and oxygen atoms in total. The van der Waals surface area contributed by atoms with Crippen molar-refractivity contribution in [1.29, 1.82) is 0 Å². The number of nitrogens with one attached hydrogen (secondary N) is 2. The van der Waals surface area contributed by atoms with E-state index in [2.05, 4.69) is 20.7 Å². The van der Waals surface area contributed by atoms with E-state index in [9.17, 15) is 41.4 Å². The van der Waals surface area contributed by atoms with Crippen molar-refractivity contribution in [2.75, 3.05) is 25.0 Å². The van der Waals surface area contributed by atoms with Crippen LogP contribution in [0.25, 0.3) is 5.65 Å². The van der Waals surface area contributed by atoms with Crippen LogP contribution in [-0.4, -0.2) is 69.9 Å². The quantitative estimate of drug-likeness (QED) is 0.194. The van der Waals surface area contributed by atoms with Gasteiger partial charge in [0.05, 0.1) is 35.2 Å². The molecular formula is C32H37F5N6O5. The maximum absolute atomic E-state index is 14.1. The lowest BCUT2D eigenvalue weighted by molar-refractivity contribution is -0.194. The molecule has 2 amide bonds. The summed E-state index contributed by atoms with van der Waals surface area (Å²) in [6.45, 7) is 1.43. The molecule has 1 saturated carbocycles. The Morgan fingerprint density at radius 1 is 1.21 bits per heavy atom. The first-order chi connectivity index (χ1) is 22.6. The zero-order chi connectivity index (χ0) is 34.9. The highest BCUT2D eigenvalue weighted by molar-refractivity contribution is 6.03. The number of amides is 2. The molecule has 3 aromatic rings. The van der Waals surface area contributed by atoms with Gasteiger partial charge in [0.15, 0.2) is 11.1 Å². The van der Waals surface area contributed by atoms with E-state index in [1.807, 2.05) is 6.07 Å². The third-order valence-electron chi connectivity index (χ3n) is 9.33. The molecule has 0 radical (unpaired) electrons. The Hall–Kier alpha value is -4.50. The van der Waals surface area contributed by atoms with E-state index in [1.165, 1.54) is 10.7 Å². The number of imidazole rings is 1. The molecule has 1 aromatic carbocycles.